The molecular weight excluding hydrogens is 372 g/mol. The molecule has 5 heteroatoms. The van der Waals surface area contributed by atoms with Crippen LogP contribution in [0.15, 0.2) is 97.5 Å². The highest BCUT2D eigenvalue weighted by Gasteiger charge is 2.10. The molecule has 0 saturated heterocycles. The molecule has 0 radical (unpaired) electrons. The van der Waals surface area contributed by atoms with Gasteiger partial charge in [-0.05, 0) is 47.0 Å². The maximum atomic E-state index is 6.15. The Balaban J connectivity index is 1.53. The largest absolute Gasteiger partial charge is 0.489 e. The summed E-state index contributed by atoms with van der Waals surface area (Å²) in [5.41, 5.74) is 6.14. The highest BCUT2D eigenvalue weighted by molar-refractivity contribution is 5.95. The van der Waals surface area contributed by atoms with Gasteiger partial charge in [-0.2, -0.15) is 5.10 Å². The van der Waals surface area contributed by atoms with Gasteiger partial charge in [0.15, 0.2) is 0 Å². The molecule has 0 aliphatic heterocycles. The van der Waals surface area contributed by atoms with E-state index in [1.807, 2.05) is 54.7 Å². The van der Waals surface area contributed by atoms with Gasteiger partial charge in [-0.3, -0.25) is 10.1 Å². The fraction of sp³-hybridized carbons (Fsp3) is 0.0400. The van der Waals surface area contributed by atoms with Crippen LogP contribution in [0.5, 0.6) is 5.75 Å². The van der Waals surface area contributed by atoms with Crippen LogP contribution >= 0.6 is 0 Å². The van der Waals surface area contributed by atoms with Crippen LogP contribution in [0.4, 0.5) is 11.4 Å². The molecule has 0 aliphatic rings. The standard InChI is InChI=1S/C25H20N4O/c1-2-6-18(7-3-1)17-30-22-13-19(23-9-4-10-25-24(23)16-27-29-25)12-21(14-22)28-20-8-5-11-26-15-20/h1-16,28H,17H2,(H,27,29). The van der Waals surface area contributed by atoms with Crippen molar-refractivity contribution in [1.82, 2.24) is 15.2 Å². The Kier molecular flexibility index (Phi) is 4.84. The summed E-state index contributed by atoms with van der Waals surface area (Å²) in [5, 5.41) is 11.7. The van der Waals surface area contributed by atoms with Gasteiger partial charge in [-0.25, -0.2) is 0 Å². The van der Waals surface area contributed by atoms with Crippen molar-refractivity contribution in [3.63, 3.8) is 0 Å². The van der Waals surface area contributed by atoms with Gasteiger partial charge in [0.2, 0.25) is 0 Å². The summed E-state index contributed by atoms with van der Waals surface area (Å²) in [6.07, 6.45) is 5.42. The maximum absolute atomic E-state index is 6.15. The Morgan fingerprint density at radius 1 is 0.833 bits per heavy atom. The van der Waals surface area contributed by atoms with E-state index in [1.165, 1.54) is 0 Å². The van der Waals surface area contributed by atoms with Gasteiger partial charge in [0, 0.05) is 23.3 Å². The fourth-order valence-electron chi connectivity index (χ4n) is 3.47. The zero-order valence-corrected chi connectivity index (χ0v) is 16.2. The number of ether oxygens (including phenoxy) is 1. The third-order valence-corrected chi connectivity index (χ3v) is 4.90. The first-order valence-corrected chi connectivity index (χ1v) is 9.76. The Hall–Kier alpha value is -4.12. The summed E-state index contributed by atoms with van der Waals surface area (Å²) in [7, 11) is 0. The van der Waals surface area contributed by atoms with Crippen LogP contribution in [0.25, 0.3) is 22.0 Å². The summed E-state index contributed by atoms with van der Waals surface area (Å²) >= 11 is 0. The average molecular weight is 392 g/mol. The Morgan fingerprint density at radius 3 is 2.63 bits per heavy atom. The number of rotatable bonds is 6. The molecular formula is C25H20N4O. The van der Waals surface area contributed by atoms with E-state index in [0.29, 0.717) is 6.61 Å². The summed E-state index contributed by atoms with van der Waals surface area (Å²) in [5.74, 6) is 0.795. The number of anilines is 2. The van der Waals surface area contributed by atoms with Crippen molar-refractivity contribution in [1.29, 1.82) is 0 Å². The molecule has 5 aromatic rings. The lowest BCUT2D eigenvalue weighted by Crippen LogP contribution is -1.97. The first-order valence-electron chi connectivity index (χ1n) is 9.76. The van der Waals surface area contributed by atoms with E-state index in [4.69, 9.17) is 4.74 Å². The van der Waals surface area contributed by atoms with Crippen molar-refractivity contribution in [3.8, 4) is 16.9 Å². The summed E-state index contributed by atoms with van der Waals surface area (Å²) in [6.45, 7) is 0.506. The van der Waals surface area contributed by atoms with Gasteiger partial charge in [-0.15, -0.1) is 0 Å². The molecule has 2 heterocycles. The molecule has 30 heavy (non-hydrogen) atoms. The predicted octanol–water partition coefficient (Wildman–Crippen LogP) is 5.95. The molecule has 3 aromatic carbocycles. The second-order valence-electron chi connectivity index (χ2n) is 7.02. The molecule has 0 bridgehead atoms. The Bertz CT molecular complexity index is 1270. The first-order chi connectivity index (χ1) is 14.8. The van der Waals surface area contributed by atoms with E-state index < -0.39 is 0 Å². The lowest BCUT2D eigenvalue weighted by Gasteiger charge is -2.14. The van der Waals surface area contributed by atoms with Gasteiger partial charge in [0.1, 0.15) is 12.4 Å². The molecule has 2 N–H and O–H groups in total. The number of benzene rings is 3. The van der Waals surface area contributed by atoms with Crippen molar-refractivity contribution < 1.29 is 4.74 Å². The molecule has 0 fully saturated rings. The highest BCUT2D eigenvalue weighted by atomic mass is 16.5. The van der Waals surface area contributed by atoms with E-state index in [2.05, 4.69) is 50.8 Å². The number of pyridine rings is 1. The van der Waals surface area contributed by atoms with Crippen LogP contribution in [0, 0.1) is 0 Å². The number of nitrogens with zero attached hydrogens (tertiary/aromatic N) is 2. The predicted molar refractivity (Wildman–Crippen MR) is 120 cm³/mol. The van der Waals surface area contributed by atoms with E-state index in [9.17, 15) is 0 Å². The molecule has 0 amide bonds. The zero-order valence-electron chi connectivity index (χ0n) is 16.2. The lowest BCUT2D eigenvalue weighted by molar-refractivity contribution is 0.306. The van der Waals surface area contributed by atoms with Crippen molar-refractivity contribution in [2.45, 2.75) is 6.61 Å². The number of hydrogen-bond acceptors (Lipinski definition) is 4. The molecule has 0 saturated carbocycles. The van der Waals surface area contributed by atoms with Crippen molar-refractivity contribution in [3.05, 3.63) is 103 Å². The van der Waals surface area contributed by atoms with Crippen molar-refractivity contribution in [2.75, 3.05) is 5.32 Å². The van der Waals surface area contributed by atoms with Crippen LogP contribution in [0.1, 0.15) is 5.56 Å². The molecule has 146 valence electrons. The topological polar surface area (TPSA) is 62.8 Å². The molecule has 0 aliphatic carbocycles. The minimum atomic E-state index is 0.506. The number of nitrogens with one attached hydrogen (secondary N) is 2. The SMILES string of the molecule is c1ccc(COc2cc(Nc3cccnc3)cc(-c3cccc4[nH]ncc34)c2)cc1. The number of H-pyrrole nitrogens is 1. The van der Waals surface area contributed by atoms with Gasteiger partial charge in [0.25, 0.3) is 0 Å². The van der Waals surface area contributed by atoms with Crippen LogP contribution in [0.3, 0.4) is 0 Å². The number of aromatic nitrogens is 3. The molecule has 0 unspecified atom stereocenters. The van der Waals surface area contributed by atoms with Gasteiger partial charge >= 0.3 is 0 Å². The quantitative estimate of drug-likeness (QED) is 0.375. The monoisotopic (exact) mass is 392 g/mol. The number of fused-ring (bicyclic) bond motifs is 1. The normalized spacial score (nSPS) is 10.8. The second-order valence-corrected chi connectivity index (χ2v) is 7.02. The zero-order chi connectivity index (χ0) is 20.2. The summed E-state index contributed by atoms with van der Waals surface area (Å²) < 4.78 is 6.15. The van der Waals surface area contributed by atoms with E-state index >= 15 is 0 Å². The molecule has 2 aromatic heterocycles. The van der Waals surface area contributed by atoms with Gasteiger partial charge in [-0.1, -0.05) is 42.5 Å². The maximum Gasteiger partial charge on any atom is 0.122 e. The Morgan fingerprint density at radius 2 is 1.77 bits per heavy atom. The van der Waals surface area contributed by atoms with E-state index in [-0.39, 0.29) is 0 Å². The fourth-order valence-corrected chi connectivity index (χ4v) is 3.47. The van der Waals surface area contributed by atoms with Crippen LogP contribution < -0.4 is 10.1 Å². The summed E-state index contributed by atoms with van der Waals surface area (Å²) in [6, 6.07) is 26.4. The van der Waals surface area contributed by atoms with Crippen molar-refractivity contribution in [2.24, 2.45) is 0 Å². The second kappa shape index (κ2) is 8.09. The van der Waals surface area contributed by atoms with Gasteiger partial charge in [0.05, 0.1) is 23.6 Å². The average Bonchev–Trinajstić information content (AvgIpc) is 3.28. The van der Waals surface area contributed by atoms with E-state index in [1.54, 1.807) is 12.4 Å². The molecule has 0 spiro atoms. The Labute approximate surface area is 174 Å². The van der Waals surface area contributed by atoms with Gasteiger partial charge < -0.3 is 10.1 Å². The van der Waals surface area contributed by atoms with Crippen molar-refractivity contribution >= 4 is 22.3 Å². The smallest absolute Gasteiger partial charge is 0.122 e. The van der Waals surface area contributed by atoms with Crippen LogP contribution in [-0.4, -0.2) is 15.2 Å². The highest BCUT2D eigenvalue weighted by Crippen LogP contribution is 2.34. The lowest BCUT2D eigenvalue weighted by atomic mass is 10.0. The molecule has 5 nitrogen and oxygen atoms in total. The van der Waals surface area contributed by atoms with Crippen LogP contribution in [-0.2, 0) is 6.61 Å². The minimum Gasteiger partial charge on any atom is -0.489 e. The minimum absolute atomic E-state index is 0.506. The number of aromatic amines is 1. The third-order valence-electron chi connectivity index (χ3n) is 4.90. The summed E-state index contributed by atoms with van der Waals surface area (Å²) in [4.78, 5) is 4.19. The van der Waals surface area contributed by atoms with E-state index in [0.717, 1.165) is 44.7 Å². The third kappa shape index (κ3) is 3.86. The number of hydrogen-bond donors (Lipinski definition) is 2. The van der Waals surface area contributed by atoms with Crippen LogP contribution in [0.2, 0.25) is 0 Å². The first kappa shape index (κ1) is 17.9. The molecule has 0 atom stereocenters. The molecule has 5 rings (SSSR count).